The van der Waals surface area contributed by atoms with E-state index in [9.17, 15) is 0 Å². The van der Waals surface area contributed by atoms with Crippen molar-refractivity contribution in [2.45, 2.75) is 50.6 Å². The molecular weight excluding hydrogens is 236 g/mol. The number of aromatic nitrogens is 1. The molecule has 19 heavy (non-hydrogen) atoms. The summed E-state index contributed by atoms with van der Waals surface area (Å²) in [4.78, 5) is 6.98. The van der Waals surface area contributed by atoms with Crippen molar-refractivity contribution in [1.82, 2.24) is 4.98 Å². The molecule has 1 aliphatic carbocycles. The largest absolute Gasteiger partial charge is 0.379 e. The minimum absolute atomic E-state index is 0.407. The highest BCUT2D eigenvalue weighted by Gasteiger charge is 2.21. The number of hydrogen-bond acceptors (Lipinski definition) is 4. The van der Waals surface area contributed by atoms with Gasteiger partial charge in [0.05, 0.1) is 5.69 Å². The molecule has 0 aromatic carbocycles. The fraction of sp³-hybridized carbons (Fsp3) is 0.667. The molecule has 3 rings (SSSR count). The molecule has 0 amide bonds. The van der Waals surface area contributed by atoms with Gasteiger partial charge in [0.25, 0.3) is 0 Å². The smallest absolute Gasteiger partial charge is 0.151 e. The molecule has 1 aliphatic heterocycles. The van der Waals surface area contributed by atoms with Gasteiger partial charge in [0, 0.05) is 31.4 Å². The number of anilines is 2. The molecule has 0 spiro atoms. The van der Waals surface area contributed by atoms with Gasteiger partial charge >= 0.3 is 0 Å². The Morgan fingerprint density at radius 2 is 1.89 bits per heavy atom. The van der Waals surface area contributed by atoms with Crippen LogP contribution in [0.3, 0.4) is 0 Å². The van der Waals surface area contributed by atoms with Gasteiger partial charge in [-0.25, -0.2) is 4.98 Å². The summed E-state index contributed by atoms with van der Waals surface area (Å²) in [5.41, 5.74) is 7.17. The number of hydrogen-bond donors (Lipinski definition) is 2. The zero-order valence-corrected chi connectivity index (χ0v) is 11.5. The van der Waals surface area contributed by atoms with Gasteiger partial charge < -0.3 is 16.0 Å². The first-order valence-corrected chi connectivity index (χ1v) is 7.55. The Morgan fingerprint density at radius 3 is 2.63 bits per heavy atom. The second-order valence-electron chi connectivity index (χ2n) is 5.82. The predicted octanol–water partition coefficient (Wildman–Crippen LogP) is 2.36. The maximum absolute atomic E-state index is 5.97. The van der Waals surface area contributed by atoms with Crippen molar-refractivity contribution < 1.29 is 0 Å². The van der Waals surface area contributed by atoms with Crippen LogP contribution in [0.5, 0.6) is 0 Å². The minimum Gasteiger partial charge on any atom is -0.379 e. The van der Waals surface area contributed by atoms with Crippen molar-refractivity contribution in [3.05, 3.63) is 18.3 Å². The van der Waals surface area contributed by atoms with E-state index in [1.165, 1.54) is 31.4 Å². The van der Waals surface area contributed by atoms with Crippen molar-refractivity contribution in [3.63, 3.8) is 0 Å². The normalized spacial score (nSPS) is 27.5. The van der Waals surface area contributed by atoms with Crippen LogP contribution >= 0.6 is 0 Å². The van der Waals surface area contributed by atoms with E-state index in [0.717, 1.165) is 31.7 Å². The molecule has 2 fully saturated rings. The van der Waals surface area contributed by atoms with E-state index in [2.05, 4.69) is 21.3 Å². The van der Waals surface area contributed by atoms with Gasteiger partial charge in [-0.1, -0.05) is 0 Å². The van der Waals surface area contributed by atoms with Crippen LogP contribution in [0.15, 0.2) is 18.3 Å². The molecule has 2 aliphatic rings. The van der Waals surface area contributed by atoms with E-state index in [-0.39, 0.29) is 0 Å². The second-order valence-corrected chi connectivity index (χ2v) is 5.82. The number of nitrogens with two attached hydrogens (primary N) is 1. The Labute approximate surface area is 115 Å². The second kappa shape index (κ2) is 5.78. The summed E-state index contributed by atoms with van der Waals surface area (Å²) >= 11 is 0. The number of nitrogens with one attached hydrogen (secondary N) is 1. The molecule has 4 nitrogen and oxygen atoms in total. The minimum atomic E-state index is 0.407. The van der Waals surface area contributed by atoms with E-state index >= 15 is 0 Å². The lowest BCUT2D eigenvalue weighted by Gasteiger charge is -2.29. The van der Waals surface area contributed by atoms with Gasteiger partial charge in [0.1, 0.15) is 0 Å². The van der Waals surface area contributed by atoms with Crippen molar-refractivity contribution >= 4 is 11.5 Å². The van der Waals surface area contributed by atoms with Crippen molar-refractivity contribution in [3.8, 4) is 0 Å². The van der Waals surface area contributed by atoms with E-state index in [4.69, 9.17) is 5.73 Å². The van der Waals surface area contributed by atoms with Gasteiger partial charge in [0.15, 0.2) is 5.82 Å². The molecule has 4 heteroatoms. The third kappa shape index (κ3) is 3.00. The highest BCUT2D eigenvalue weighted by molar-refractivity contribution is 5.66. The molecule has 1 saturated carbocycles. The standard InChI is InChI=1S/C15H24N4/c16-12-5-7-13(8-6-12)18-14-4-3-9-17-15(14)19-10-1-2-11-19/h3-4,9,12-13,18H,1-2,5-8,10-11,16H2. The summed E-state index contributed by atoms with van der Waals surface area (Å²) in [5, 5.41) is 3.69. The van der Waals surface area contributed by atoms with E-state index in [1.54, 1.807) is 0 Å². The molecule has 3 N–H and O–H groups in total. The lowest BCUT2D eigenvalue weighted by molar-refractivity contribution is 0.411. The van der Waals surface area contributed by atoms with Crippen LogP contribution in [0.1, 0.15) is 38.5 Å². The van der Waals surface area contributed by atoms with E-state index in [0.29, 0.717) is 12.1 Å². The molecule has 104 valence electrons. The molecular formula is C15H24N4. The Kier molecular flexibility index (Phi) is 3.87. The van der Waals surface area contributed by atoms with Crippen LogP contribution in [0.25, 0.3) is 0 Å². The average molecular weight is 260 g/mol. The molecule has 0 atom stereocenters. The van der Waals surface area contributed by atoms with E-state index in [1.807, 2.05) is 12.3 Å². The highest BCUT2D eigenvalue weighted by Crippen LogP contribution is 2.29. The molecule has 1 aromatic rings. The van der Waals surface area contributed by atoms with Gasteiger partial charge in [-0.15, -0.1) is 0 Å². The molecule has 1 saturated heterocycles. The van der Waals surface area contributed by atoms with Crippen molar-refractivity contribution in [2.24, 2.45) is 5.73 Å². The maximum atomic E-state index is 5.97. The summed E-state index contributed by atoms with van der Waals surface area (Å²) in [6, 6.07) is 5.15. The summed E-state index contributed by atoms with van der Waals surface area (Å²) < 4.78 is 0. The lowest BCUT2D eigenvalue weighted by Crippen LogP contribution is -2.33. The number of pyridine rings is 1. The van der Waals surface area contributed by atoms with Crippen LogP contribution in [0.4, 0.5) is 11.5 Å². The summed E-state index contributed by atoms with van der Waals surface area (Å²) in [7, 11) is 0. The quantitative estimate of drug-likeness (QED) is 0.876. The Morgan fingerprint density at radius 1 is 1.16 bits per heavy atom. The zero-order chi connectivity index (χ0) is 13.1. The van der Waals surface area contributed by atoms with Gasteiger partial charge in [0.2, 0.25) is 0 Å². The Balaban J connectivity index is 1.69. The van der Waals surface area contributed by atoms with Crippen LogP contribution < -0.4 is 16.0 Å². The first-order valence-electron chi connectivity index (χ1n) is 7.55. The first-order chi connectivity index (χ1) is 9.33. The third-order valence-electron chi connectivity index (χ3n) is 4.32. The number of rotatable bonds is 3. The number of nitrogens with zero attached hydrogens (tertiary/aromatic N) is 2. The van der Waals surface area contributed by atoms with Crippen molar-refractivity contribution in [1.29, 1.82) is 0 Å². The van der Waals surface area contributed by atoms with Crippen LogP contribution in [0, 0.1) is 0 Å². The lowest BCUT2D eigenvalue weighted by atomic mass is 9.92. The maximum Gasteiger partial charge on any atom is 0.151 e. The van der Waals surface area contributed by atoms with Gasteiger partial charge in [-0.3, -0.25) is 0 Å². The van der Waals surface area contributed by atoms with Crippen LogP contribution in [-0.4, -0.2) is 30.2 Å². The topological polar surface area (TPSA) is 54.2 Å². The van der Waals surface area contributed by atoms with Crippen LogP contribution in [0.2, 0.25) is 0 Å². The fourth-order valence-electron chi connectivity index (χ4n) is 3.17. The fourth-order valence-corrected chi connectivity index (χ4v) is 3.17. The molecule has 0 unspecified atom stereocenters. The van der Waals surface area contributed by atoms with E-state index < -0.39 is 0 Å². The summed E-state index contributed by atoms with van der Waals surface area (Å²) in [5.74, 6) is 1.13. The van der Waals surface area contributed by atoms with Crippen LogP contribution in [-0.2, 0) is 0 Å². The summed E-state index contributed by atoms with van der Waals surface area (Å²) in [6.45, 7) is 2.28. The third-order valence-corrected chi connectivity index (χ3v) is 4.32. The molecule has 2 heterocycles. The SMILES string of the molecule is NC1CCC(Nc2cccnc2N2CCCC2)CC1. The average Bonchev–Trinajstić information content (AvgIpc) is 2.96. The Bertz CT molecular complexity index is 406. The molecule has 1 aromatic heterocycles. The molecule has 0 radical (unpaired) electrons. The monoisotopic (exact) mass is 260 g/mol. The van der Waals surface area contributed by atoms with Crippen molar-refractivity contribution in [2.75, 3.05) is 23.3 Å². The van der Waals surface area contributed by atoms with Gasteiger partial charge in [-0.2, -0.15) is 0 Å². The highest BCUT2D eigenvalue weighted by atomic mass is 15.2. The Hall–Kier alpha value is -1.29. The predicted molar refractivity (Wildman–Crippen MR) is 79.5 cm³/mol. The zero-order valence-electron chi connectivity index (χ0n) is 11.5. The first kappa shape index (κ1) is 12.7. The summed E-state index contributed by atoms with van der Waals surface area (Å²) in [6.07, 6.45) is 9.09. The molecule has 0 bridgehead atoms. The van der Waals surface area contributed by atoms with Gasteiger partial charge in [-0.05, 0) is 50.7 Å².